The second-order valence-corrected chi connectivity index (χ2v) is 7.09. The molecule has 2 aromatic carbocycles. The first-order chi connectivity index (χ1) is 12.0. The molecule has 0 aliphatic heterocycles. The summed E-state index contributed by atoms with van der Waals surface area (Å²) in [4.78, 5) is 0. The van der Waals surface area contributed by atoms with Gasteiger partial charge in [-0.1, -0.05) is 11.6 Å². The summed E-state index contributed by atoms with van der Waals surface area (Å²) in [5.41, 5.74) is 4.35. The maximum atomic E-state index is 5.85. The van der Waals surface area contributed by atoms with Gasteiger partial charge in [0.2, 0.25) is 0 Å². The van der Waals surface area contributed by atoms with Crippen LogP contribution in [0.1, 0.15) is 5.56 Å². The fourth-order valence-electron chi connectivity index (χ4n) is 1.89. The van der Waals surface area contributed by atoms with E-state index < -0.39 is 0 Å². The summed E-state index contributed by atoms with van der Waals surface area (Å²) in [7, 11) is 3.15. The van der Waals surface area contributed by atoms with E-state index in [-0.39, 0.29) is 0 Å². The van der Waals surface area contributed by atoms with Crippen molar-refractivity contribution >= 4 is 72.7 Å². The van der Waals surface area contributed by atoms with Crippen LogP contribution in [0.15, 0.2) is 44.4 Å². The average molecular weight is 508 g/mol. The Labute approximate surface area is 173 Å². The van der Waals surface area contributed by atoms with Gasteiger partial charge in [-0.3, -0.25) is 5.43 Å². The van der Waals surface area contributed by atoms with E-state index in [4.69, 9.17) is 33.3 Å². The SMILES string of the molecule is COc1cc(/C=N/NC(=S)Nc2ccc(Cl)cc2)c(Br)c(Br)c1OC. The lowest BCUT2D eigenvalue weighted by molar-refractivity contribution is 0.353. The molecular formula is C16H14Br2ClN3O2S. The lowest BCUT2D eigenvalue weighted by Crippen LogP contribution is -2.23. The number of methoxy groups -OCH3 is 2. The predicted octanol–water partition coefficient (Wildman–Crippen LogP) is 5.20. The van der Waals surface area contributed by atoms with Crippen molar-refractivity contribution in [3.8, 4) is 11.5 Å². The van der Waals surface area contributed by atoms with Gasteiger partial charge in [-0.25, -0.2) is 0 Å². The van der Waals surface area contributed by atoms with Gasteiger partial charge in [0.15, 0.2) is 16.6 Å². The lowest BCUT2D eigenvalue weighted by atomic mass is 10.2. The Balaban J connectivity index is 2.07. The minimum Gasteiger partial charge on any atom is -0.493 e. The third kappa shape index (κ3) is 5.31. The fourth-order valence-corrected chi connectivity index (χ4v) is 3.17. The van der Waals surface area contributed by atoms with Gasteiger partial charge in [0.25, 0.3) is 0 Å². The first-order valence-electron chi connectivity index (χ1n) is 6.92. The highest BCUT2D eigenvalue weighted by Gasteiger charge is 2.15. The number of thiocarbonyl (C=S) groups is 1. The maximum Gasteiger partial charge on any atom is 0.191 e. The molecule has 9 heteroatoms. The van der Waals surface area contributed by atoms with E-state index in [2.05, 4.69) is 47.7 Å². The number of hydrogen-bond donors (Lipinski definition) is 2. The highest BCUT2D eigenvalue weighted by molar-refractivity contribution is 9.13. The Bertz CT molecular complexity index is 801. The molecule has 0 amide bonds. The van der Waals surface area contributed by atoms with Gasteiger partial charge in [0.05, 0.1) is 24.9 Å². The first-order valence-corrected chi connectivity index (χ1v) is 9.29. The Morgan fingerprint density at radius 3 is 2.44 bits per heavy atom. The molecule has 132 valence electrons. The number of halogens is 3. The summed E-state index contributed by atoms with van der Waals surface area (Å²) in [5.74, 6) is 1.18. The average Bonchev–Trinajstić information content (AvgIpc) is 2.60. The van der Waals surface area contributed by atoms with Crippen molar-refractivity contribution in [2.24, 2.45) is 5.10 Å². The third-order valence-electron chi connectivity index (χ3n) is 3.05. The van der Waals surface area contributed by atoms with Gasteiger partial charge in [-0.05, 0) is 74.4 Å². The van der Waals surface area contributed by atoms with Crippen LogP contribution in [0.3, 0.4) is 0 Å². The molecule has 2 rings (SSSR count). The van der Waals surface area contributed by atoms with Crippen LogP contribution < -0.4 is 20.2 Å². The van der Waals surface area contributed by atoms with E-state index >= 15 is 0 Å². The highest BCUT2D eigenvalue weighted by atomic mass is 79.9. The van der Waals surface area contributed by atoms with Crippen molar-refractivity contribution in [1.82, 2.24) is 5.43 Å². The zero-order chi connectivity index (χ0) is 18.4. The summed E-state index contributed by atoms with van der Waals surface area (Å²) in [6.07, 6.45) is 1.62. The molecule has 0 saturated carbocycles. The largest absolute Gasteiger partial charge is 0.493 e. The van der Waals surface area contributed by atoms with Crippen molar-refractivity contribution in [2.75, 3.05) is 19.5 Å². The minimum absolute atomic E-state index is 0.356. The molecule has 0 unspecified atom stereocenters. The Kier molecular flexibility index (Phi) is 7.49. The van der Waals surface area contributed by atoms with E-state index in [9.17, 15) is 0 Å². The van der Waals surface area contributed by atoms with E-state index in [1.807, 2.05) is 12.1 Å². The van der Waals surface area contributed by atoms with Crippen LogP contribution in [0, 0.1) is 0 Å². The molecule has 0 heterocycles. The molecule has 0 aliphatic rings. The number of anilines is 1. The van der Waals surface area contributed by atoms with Gasteiger partial charge in [-0.15, -0.1) is 0 Å². The van der Waals surface area contributed by atoms with Gasteiger partial charge in [-0.2, -0.15) is 5.10 Å². The monoisotopic (exact) mass is 505 g/mol. The van der Waals surface area contributed by atoms with Crippen molar-refractivity contribution in [3.05, 3.63) is 49.9 Å². The van der Waals surface area contributed by atoms with Crippen LogP contribution in [0.4, 0.5) is 5.69 Å². The van der Waals surface area contributed by atoms with Crippen molar-refractivity contribution in [3.63, 3.8) is 0 Å². The Morgan fingerprint density at radius 1 is 1.16 bits per heavy atom. The standard InChI is InChI=1S/C16H14Br2ClN3O2S/c1-23-12-7-9(13(17)14(18)15(12)24-2)8-20-22-16(25)21-11-5-3-10(19)4-6-11/h3-8H,1-2H3,(H2,21,22,25)/b20-8+. The number of nitrogens with zero attached hydrogens (tertiary/aromatic N) is 1. The van der Waals surface area contributed by atoms with Crippen molar-refractivity contribution in [2.45, 2.75) is 0 Å². The fraction of sp³-hybridized carbons (Fsp3) is 0.125. The summed E-state index contributed by atoms with van der Waals surface area (Å²) < 4.78 is 12.2. The summed E-state index contributed by atoms with van der Waals surface area (Å²) in [6.45, 7) is 0. The zero-order valence-electron chi connectivity index (χ0n) is 13.3. The van der Waals surface area contributed by atoms with Gasteiger partial charge in [0.1, 0.15) is 0 Å². The Morgan fingerprint density at radius 2 is 1.84 bits per heavy atom. The van der Waals surface area contributed by atoms with Crippen LogP contribution in [0.25, 0.3) is 0 Å². The summed E-state index contributed by atoms with van der Waals surface area (Å²) in [6, 6.07) is 8.99. The minimum atomic E-state index is 0.356. The lowest BCUT2D eigenvalue weighted by Gasteiger charge is -2.12. The third-order valence-corrected chi connectivity index (χ3v) is 5.64. The molecule has 0 spiro atoms. The predicted molar refractivity (Wildman–Crippen MR) is 113 cm³/mol. The number of benzene rings is 2. The zero-order valence-corrected chi connectivity index (χ0v) is 18.0. The second-order valence-electron chi connectivity index (χ2n) is 4.66. The molecule has 0 saturated heterocycles. The molecule has 25 heavy (non-hydrogen) atoms. The van der Waals surface area contributed by atoms with E-state index in [0.717, 1.165) is 20.2 Å². The molecule has 2 aromatic rings. The highest BCUT2D eigenvalue weighted by Crippen LogP contribution is 2.41. The Hall–Kier alpha value is -1.35. The van der Waals surface area contributed by atoms with Crippen molar-refractivity contribution in [1.29, 1.82) is 0 Å². The number of nitrogens with one attached hydrogen (secondary N) is 2. The molecule has 0 radical (unpaired) electrons. The van der Waals surface area contributed by atoms with E-state index in [1.54, 1.807) is 38.6 Å². The summed E-state index contributed by atoms with van der Waals surface area (Å²) in [5, 5.41) is 8.15. The maximum absolute atomic E-state index is 5.85. The van der Waals surface area contributed by atoms with Gasteiger partial charge >= 0.3 is 0 Å². The molecular weight excluding hydrogens is 494 g/mol. The van der Waals surface area contributed by atoms with Crippen LogP contribution in [0.2, 0.25) is 5.02 Å². The molecule has 0 fully saturated rings. The normalized spacial score (nSPS) is 10.6. The number of hydrogen-bond acceptors (Lipinski definition) is 4. The van der Waals surface area contributed by atoms with Gasteiger partial charge < -0.3 is 14.8 Å². The smallest absolute Gasteiger partial charge is 0.191 e. The van der Waals surface area contributed by atoms with Crippen LogP contribution in [-0.4, -0.2) is 25.5 Å². The molecule has 2 N–H and O–H groups in total. The van der Waals surface area contributed by atoms with E-state index in [0.29, 0.717) is 21.6 Å². The second kappa shape index (κ2) is 9.38. The summed E-state index contributed by atoms with van der Waals surface area (Å²) >= 11 is 18.0. The van der Waals surface area contributed by atoms with Crippen LogP contribution in [-0.2, 0) is 0 Å². The molecule has 0 aliphatic carbocycles. The first kappa shape index (κ1) is 20.0. The van der Waals surface area contributed by atoms with Crippen LogP contribution in [0.5, 0.6) is 11.5 Å². The van der Waals surface area contributed by atoms with Crippen LogP contribution >= 0.6 is 55.7 Å². The quantitative estimate of drug-likeness (QED) is 0.331. The van der Waals surface area contributed by atoms with Gasteiger partial charge in [0, 0.05) is 20.7 Å². The number of ether oxygens (including phenoxy) is 2. The molecule has 5 nitrogen and oxygen atoms in total. The molecule has 0 aromatic heterocycles. The van der Waals surface area contributed by atoms with E-state index in [1.165, 1.54) is 0 Å². The van der Waals surface area contributed by atoms with Crippen molar-refractivity contribution < 1.29 is 9.47 Å². The number of hydrazone groups is 1. The topological polar surface area (TPSA) is 54.9 Å². The molecule has 0 bridgehead atoms. The molecule has 0 atom stereocenters. The number of rotatable bonds is 5.